The van der Waals surface area contributed by atoms with Crippen LogP contribution >= 0.6 is 11.6 Å². The summed E-state index contributed by atoms with van der Waals surface area (Å²) in [6, 6.07) is 21.5. The molecular formula is C23H21ClN2O2. The van der Waals surface area contributed by atoms with Gasteiger partial charge in [0.15, 0.2) is 0 Å². The van der Waals surface area contributed by atoms with Crippen molar-refractivity contribution in [1.29, 1.82) is 0 Å². The molecule has 1 aromatic heterocycles. The van der Waals surface area contributed by atoms with E-state index in [1.165, 1.54) is 0 Å². The van der Waals surface area contributed by atoms with Gasteiger partial charge in [0.05, 0.1) is 25.3 Å². The number of amides is 1. The Balaban J connectivity index is 1.43. The van der Waals surface area contributed by atoms with E-state index in [0.29, 0.717) is 31.1 Å². The lowest BCUT2D eigenvalue weighted by Crippen LogP contribution is -2.43. The number of aromatic nitrogens is 1. The fraction of sp³-hybridized carbons (Fsp3) is 0.217. The van der Waals surface area contributed by atoms with Crippen LogP contribution in [0.4, 0.5) is 0 Å². The van der Waals surface area contributed by atoms with E-state index < -0.39 is 0 Å². The van der Waals surface area contributed by atoms with Gasteiger partial charge in [0.1, 0.15) is 6.10 Å². The molecular weight excluding hydrogens is 372 g/mol. The van der Waals surface area contributed by atoms with E-state index in [-0.39, 0.29) is 12.0 Å². The monoisotopic (exact) mass is 392 g/mol. The van der Waals surface area contributed by atoms with Gasteiger partial charge < -0.3 is 9.64 Å². The standard InChI is InChI=1S/C23H21ClN2O2/c24-20-8-4-7-18(14-20)19-9-10-21(25-15-19)22-16-26(11-12-28-22)23(27)13-17-5-2-1-3-6-17/h1-10,14-15,22H,11-13,16H2. The van der Waals surface area contributed by atoms with E-state index in [2.05, 4.69) is 4.98 Å². The molecule has 1 atom stereocenters. The highest BCUT2D eigenvalue weighted by Gasteiger charge is 2.26. The Morgan fingerprint density at radius 2 is 1.93 bits per heavy atom. The molecule has 1 fully saturated rings. The SMILES string of the molecule is O=C(Cc1ccccc1)N1CCOC(c2ccc(-c3cccc(Cl)c3)cn2)C1. The number of carbonyl (C=O) groups excluding carboxylic acids is 1. The van der Waals surface area contributed by atoms with E-state index >= 15 is 0 Å². The summed E-state index contributed by atoms with van der Waals surface area (Å²) in [4.78, 5) is 19.1. The maximum atomic E-state index is 12.7. The van der Waals surface area contributed by atoms with Crippen LogP contribution in [0.25, 0.3) is 11.1 Å². The van der Waals surface area contributed by atoms with Crippen LogP contribution in [0.5, 0.6) is 0 Å². The molecule has 0 radical (unpaired) electrons. The summed E-state index contributed by atoms with van der Waals surface area (Å²) in [5, 5.41) is 0.699. The molecule has 0 aliphatic carbocycles. The molecule has 0 N–H and O–H groups in total. The Labute approximate surface area is 169 Å². The first-order valence-electron chi connectivity index (χ1n) is 9.34. The number of ether oxygens (including phenoxy) is 1. The second-order valence-corrected chi connectivity index (χ2v) is 7.28. The minimum atomic E-state index is -0.207. The summed E-state index contributed by atoms with van der Waals surface area (Å²) in [6.45, 7) is 1.65. The van der Waals surface area contributed by atoms with Crippen molar-refractivity contribution in [2.45, 2.75) is 12.5 Å². The number of carbonyl (C=O) groups is 1. The number of nitrogens with zero attached hydrogens (tertiary/aromatic N) is 2. The Hall–Kier alpha value is -2.69. The summed E-state index contributed by atoms with van der Waals surface area (Å²) in [5.41, 5.74) is 3.89. The number of benzene rings is 2. The summed E-state index contributed by atoms with van der Waals surface area (Å²) < 4.78 is 5.88. The van der Waals surface area contributed by atoms with Crippen molar-refractivity contribution in [3.8, 4) is 11.1 Å². The molecule has 1 amide bonds. The van der Waals surface area contributed by atoms with Crippen LogP contribution in [0.1, 0.15) is 17.4 Å². The Bertz CT molecular complexity index is 944. The average molecular weight is 393 g/mol. The molecule has 1 aliphatic heterocycles. The Morgan fingerprint density at radius 1 is 1.07 bits per heavy atom. The zero-order chi connectivity index (χ0) is 19.3. The van der Waals surface area contributed by atoms with Gasteiger partial charge in [-0.2, -0.15) is 0 Å². The van der Waals surface area contributed by atoms with Gasteiger partial charge in [-0.3, -0.25) is 9.78 Å². The second kappa shape index (κ2) is 8.55. The van der Waals surface area contributed by atoms with E-state index in [1.54, 1.807) is 0 Å². The molecule has 1 saturated heterocycles. The molecule has 5 heteroatoms. The van der Waals surface area contributed by atoms with Gasteiger partial charge >= 0.3 is 0 Å². The lowest BCUT2D eigenvalue weighted by Gasteiger charge is -2.32. The smallest absolute Gasteiger partial charge is 0.227 e. The number of rotatable bonds is 4. The first kappa shape index (κ1) is 18.7. The molecule has 3 aromatic rings. The molecule has 1 aliphatic rings. The molecule has 0 bridgehead atoms. The predicted octanol–water partition coefficient (Wildman–Crippen LogP) is 4.54. The minimum absolute atomic E-state index is 0.120. The molecule has 0 spiro atoms. The van der Waals surface area contributed by atoms with Crippen molar-refractivity contribution in [3.05, 3.63) is 89.2 Å². The summed E-state index contributed by atoms with van der Waals surface area (Å²) >= 11 is 6.07. The Morgan fingerprint density at radius 3 is 2.68 bits per heavy atom. The Kier molecular flexibility index (Phi) is 5.70. The van der Waals surface area contributed by atoms with Crippen LogP contribution in [-0.4, -0.2) is 35.5 Å². The highest BCUT2D eigenvalue weighted by atomic mass is 35.5. The van der Waals surface area contributed by atoms with Gasteiger partial charge in [-0.25, -0.2) is 0 Å². The average Bonchev–Trinajstić information content (AvgIpc) is 2.75. The van der Waals surface area contributed by atoms with Crippen molar-refractivity contribution in [2.24, 2.45) is 0 Å². The lowest BCUT2D eigenvalue weighted by molar-refractivity contribution is -0.138. The quantitative estimate of drug-likeness (QED) is 0.654. The van der Waals surface area contributed by atoms with Gasteiger partial charge in [-0.15, -0.1) is 0 Å². The number of halogens is 1. The largest absolute Gasteiger partial charge is 0.368 e. The number of morpholine rings is 1. The van der Waals surface area contributed by atoms with Crippen molar-refractivity contribution < 1.29 is 9.53 Å². The summed E-state index contributed by atoms with van der Waals surface area (Å²) in [6.07, 6.45) is 2.03. The topological polar surface area (TPSA) is 42.4 Å². The van der Waals surface area contributed by atoms with Crippen molar-refractivity contribution in [2.75, 3.05) is 19.7 Å². The third kappa shape index (κ3) is 4.41. The zero-order valence-electron chi connectivity index (χ0n) is 15.4. The lowest BCUT2D eigenvalue weighted by atomic mass is 10.1. The van der Waals surface area contributed by atoms with Crippen molar-refractivity contribution >= 4 is 17.5 Å². The number of pyridine rings is 1. The molecule has 2 heterocycles. The first-order valence-corrected chi connectivity index (χ1v) is 9.72. The van der Waals surface area contributed by atoms with Gasteiger partial charge in [-0.05, 0) is 29.3 Å². The van der Waals surface area contributed by atoms with Crippen molar-refractivity contribution in [3.63, 3.8) is 0 Å². The van der Waals surface area contributed by atoms with Crippen LogP contribution < -0.4 is 0 Å². The summed E-state index contributed by atoms with van der Waals surface area (Å²) in [7, 11) is 0. The second-order valence-electron chi connectivity index (χ2n) is 6.84. The van der Waals surface area contributed by atoms with Gasteiger partial charge in [-0.1, -0.05) is 60.1 Å². The van der Waals surface area contributed by atoms with Gasteiger partial charge in [0, 0.05) is 23.3 Å². The van der Waals surface area contributed by atoms with Crippen LogP contribution in [0.3, 0.4) is 0 Å². The highest BCUT2D eigenvalue weighted by Crippen LogP contribution is 2.25. The number of hydrogen-bond donors (Lipinski definition) is 0. The molecule has 4 rings (SSSR count). The van der Waals surface area contributed by atoms with Crippen LogP contribution in [-0.2, 0) is 16.0 Å². The maximum absolute atomic E-state index is 12.7. The predicted molar refractivity (Wildman–Crippen MR) is 110 cm³/mol. The van der Waals surface area contributed by atoms with Gasteiger partial charge in [0.2, 0.25) is 5.91 Å². The fourth-order valence-corrected chi connectivity index (χ4v) is 3.56. The van der Waals surface area contributed by atoms with Crippen LogP contribution in [0.15, 0.2) is 72.9 Å². The van der Waals surface area contributed by atoms with E-state index in [9.17, 15) is 4.79 Å². The number of hydrogen-bond acceptors (Lipinski definition) is 3. The minimum Gasteiger partial charge on any atom is -0.368 e. The molecule has 4 nitrogen and oxygen atoms in total. The zero-order valence-corrected chi connectivity index (χ0v) is 16.2. The molecule has 2 aromatic carbocycles. The first-order chi connectivity index (χ1) is 13.7. The molecule has 0 saturated carbocycles. The van der Waals surface area contributed by atoms with E-state index in [1.807, 2.05) is 77.8 Å². The molecule has 1 unspecified atom stereocenters. The van der Waals surface area contributed by atoms with Crippen LogP contribution in [0, 0.1) is 0 Å². The maximum Gasteiger partial charge on any atom is 0.227 e. The van der Waals surface area contributed by atoms with Crippen LogP contribution in [0.2, 0.25) is 5.02 Å². The summed E-state index contributed by atoms with van der Waals surface area (Å²) in [5.74, 6) is 0.120. The van der Waals surface area contributed by atoms with Gasteiger partial charge in [0.25, 0.3) is 0 Å². The van der Waals surface area contributed by atoms with Crippen molar-refractivity contribution in [1.82, 2.24) is 9.88 Å². The normalized spacial score (nSPS) is 16.8. The highest BCUT2D eigenvalue weighted by molar-refractivity contribution is 6.30. The molecule has 142 valence electrons. The van der Waals surface area contributed by atoms with E-state index in [4.69, 9.17) is 16.3 Å². The third-order valence-electron chi connectivity index (χ3n) is 4.89. The fourth-order valence-electron chi connectivity index (χ4n) is 3.37. The van der Waals surface area contributed by atoms with E-state index in [0.717, 1.165) is 22.4 Å². The molecule has 28 heavy (non-hydrogen) atoms. The third-order valence-corrected chi connectivity index (χ3v) is 5.13.